The maximum Gasteiger partial charge on any atom is 0.416 e. The Hall–Kier alpha value is -1.67. The van der Waals surface area contributed by atoms with Crippen molar-refractivity contribution >= 4 is 5.69 Å². The third-order valence-corrected chi connectivity index (χ3v) is 3.95. The van der Waals surface area contributed by atoms with Gasteiger partial charge in [0, 0.05) is 44.4 Å². The van der Waals surface area contributed by atoms with Crippen LogP contribution in [0.25, 0.3) is 0 Å². The van der Waals surface area contributed by atoms with E-state index in [1.54, 1.807) is 0 Å². The maximum absolute atomic E-state index is 13.2. The molecular formula is C14H18F3N3O2. The molecule has 0 amide bonds. The number of piperazine rings is 1. The molecule has 1 aromatic rings. The quantitative estimate of drug-likeness (QED) is 0.635. The van der Waals surface area contributed by atoms with Gasteiger partial charge in [0.2, 0.25) is 0 Å². The van der Waals surface area contributed by atoms with Crippen LogP contribution in [0.5, 0.6) is 0 Å². The SMILES string of the molecule is CC1CN(C)CCN1Cc1ccc([N+](=O)[O-])cc1C(F)(F)F. The zero-order valence-corrected chi connectivity index (χ0v) is 12.4. The average Bonchev–Trinajstić information content (AvgIpc) is 2.41. The first kappa shape index (κ1) is 16.7. The first-order valence-corrected chi connectivity index (χ1v) is 6.95. The summed E-state index contributed by atoms with van der Waals surface area (Å²) in [6, 6.07) is 3.10. The highest BCUT2D eigenvalue weighted by Crippen LogP contribution is 2.35. The summed E-state index contributed by atoms with van der Waals surface area (Å²) in [5, 5.41) is 10.7. The molecule has 1 aliphatic heterocycles. The first-order valence-electron chi connectivity index (χ1n) is 6.95. The Bertz CT molecular complexity index is 563. The number of nitro groups is 1. The number of benzene rings is 1. The number of rotatable bonds is 3. The normalized spacial score (nSPS) is 21.0. The molecule has 1 saturated heterocycles. The Morgan fingerprint density at radius 2 is 2.05 bits per heavy atom. The fraction of sp³-hybridized carbons (Fsp3) is 0.571. The lowest BCUT2D eigenvalue weighted by Crippen LogP contribution is -2.49. The van der Waals surface area contributed by atoms with E-state index in [1.165, 1.54) is 6.07 Å². The highest BCUT2D eigenvalue weighted by atomic mass is 19.4. The minimum Gasteiger partial charge on any atom is -0.304 e. The summed E-state index contributed by atoms with van der Waals surface area (Å²) in [5.74, 6) is 0. The van der Waals surface area contributed by atoms with Crippen LogP contribution in [-0.4, -0.2) is 47.4 Å². The van der Waals surface area contributed by atoms with Crippen LogP contribution in [0.1, 0.15) is 18.1 Å². The Morgan fingerprint density at radius 1 is 1.36 bits per heavy atom. The maximum atomic E-state index is 13.2. The van der Waals surface area contributed by atoms with Gasteiger partial charge in [-0.25, -0.2) is 0 Å². The summed E-state index contributed by atoms with van der Waals surface area (Å²) in [6.45, 7) is 4.36. The van der Waals surface area contributed by atoms with Crippen LogP contribution < -0.4 is 0 Å². The van der Waals surface area contributed by atoms with E-state index >= 15 is 0 Å². The summed E-state index contributed by atoms with van der Waals surface area (Å²) in [5.41, 5.74) is -1.38. The van der Waals surface area contributed by atoms with Crippen LogP contribution in [0.3, 0.4) is 0 Å². The molecule has 0 bridgehead atoms. The average molecular weight is 317 g/mol. The fourth-order valence-corrected chi connectivity index (χ4v) is 2.71. The monoisotopic (exact) mass is 317 g/mol. The fourth-order valence-electron chi connectivity index (χ4n) is 2.71. The zero-order chi connectivity index (χ0) is 16.5. The van der Waals surface area contributed by atoms with E-state index in [0.29, 0.717) is 12.6 Å². The Labute approximate surface area is 126 Å². The van der Waals surface area contributed by atoms with Gasteiger partial charge in [-0.2, -0.15) is 13.2 Å². The van der Waals surface area contributed by atoms with Crippen LogP contribution in [-0.2, 0) is 12.7 Å². The van der Waals surface area contributed by atoms with E-state index in [1.807, 2.05) is 18.9 Å². The number of halogens is 3. The zero-order valence-electron chi connectivity index (χ0n) is 12.4. The van der Waals surface area contributed by atoms with Crippen molar-refractivity contribution in [1.29, 1.82) is 0 Å². The van der Waals surface area contributed by atoms with Crippen LogP contribution >= 0.6 is 0 Å². The number of alkyl halides is 3. The summed E-state index contributed by atoms with van der Waals surface area (Å²) in [4.78, 5) is 14.0. The van der Waals surface area contributed by atoms with E-state index in [9.17, 15) is 23.3 Å². The van der Waals surface area contributed by atoms with E-state index in [-0.39, 0.29) is 18.2 Å². The first-order chi connectivity index (χ1) is 10.2. The van der Waals surface area contributed by atoms with Gasteiger partial charge in [-0.15, -0.1) is 0 Å². The van der Waals surface area contributed by atoms with Gasteiger partial charge < -0.3 is 4.90 Å². The third-order valence-electron chi connectivity index (χ3n) is 3.95. The van der Waals surface area contributed by atoms with E-state index in [4.69, 9.17) is 0 Å². The molecule has 5 nitrogen and oxygen atoms in total. The molecule has 0 spiro atoms. The Morgan fingerprint density at radius 3 is 2.59 bits per heavy atom. The molecule has 1 unspecified atom stereocenters. The van der Waals surface area contributed by atoms with E-state index in [0.717, 1.165) is 19.2 Å². The molecule has 1 heterocycles. The van der Waals surface area contributed by atoms with Crippen molar-refractivity contribution in [3.63, 3.8) is 0 Å². The van der Waals surface area contributed by atoms with Gasteiger partial charge in [-0.1, -0.05) is 6.07 Å². The second kappa shape index (κ2) is 6.21. The van der Waals surface area contributed by atoms with Crippen molar-refractivity contribution in [3.05, 3.63) is 39.4 Å². The smallest absolute Gasteiger partial charge is 0.304 e. The molecular weight excluding hydrogens is 299 g/mol. The lowest BCUT2D eigenvalue weighted by Gasteiger charge is -2.38. The molecule has 22 heavy (non-hydrogen) atoms. The molecule has 0 aliphatic carbocycles. The van der Waals surface area contributed by atoms with Gasteiger partial charge in [-0.3, -0.25) is 15.0 Å². The summed E-state index contributed by atoms with van der Waals surface area (Å²) in [6.07, 6.45) is -4.60. The van der Waals surface area contributed by atoms with Crippen LogP contribution in [0, 0.1) is 10.1 Å². The molecule has 8 heteroatoms. The number of nitrogens with zero attached hydrogens (tertiary/aromatic N) is 3. The number of hydrogen-bond acceptors (Lipinski definition) is 4. The predicted molar refractivity (Wildman–Crippen MR) is 75.5 cm³/mol. The molecule has 122 valence electrons. The standard InChI is InChI=1S/C14H18F3N3O2/c1-10-8-18(2)5-6-19(10)9-11-3-4-12(20(21)22)7-13(11)14(15,16)17/h3-4,7,10H,5-6,8-9H2,1-2H3. The van der Waals surface area contributed by atoms with Crippen molar-refractivity contribution in [1.82, 2.24) is 9.80 Å². The molecule has 0 radical (unpaired) electrons. The number of hydrogen-bond donors (Lipinski definition) is 0. The van der Waals surface area contributed by atoms with Crippen LogP contribution in [0.2, 0.25) is 0 Å². The third kappa shape index (κ3) is 3.75. The van der Waals surface area contributed by atoms with Gasteiger partial charge in [0.05, 0.1) is 10.5 Å². The molecule has 0 aromatic heterocycles. The minimum absolute atomic E-state index is 0.0782. The molecule has 1 aromatic carbocycles. The van der Waals surface area contributed by atoms with Crippen molar-refractivity contribution in [3.8, 4) is 0 Å². The van der Waals surface area contributed by atoms with Crippen LogP contribution in [0.4, 0.5) is 18.9 Å². The molecule has 0 saturated carbocycles. The van der Waals surface area contributed by atoms with Crippen molar-refractivity contribution in [2.75, 3.05) is 26.7 Å². The molecule has 2 rings (SSSR count). The van der Waals surface area contributed by atoms with Crippen LogP contribution in [0.15, 0.2) is 18.2 Å². The molecule has 1 aliphatic rings. The summed E-state index contributed by atoms with van der Waals surface area (Å²) >= 11 is 0. The summed E-state index contributed by atoms with van der Waals surface area (Å²) in [7, 11) is 1.97. The van der Waals surface area contributed by atoms with Crippen molar-refractivity contribution < 1.29 is 18.1 Å². The molecule has 1 atom stereocenters. The van der Waals surface area contributed by atoms with Crippen molar-refractivity contribution in [2.24, 2.45) is 0 Å². The van der Waals surface area contributed by atoms with Gasteiger partial charge in [0.25, 0.3) is 5.69 Å². The second-order valence-electron chi connectivity index (χ2n) is 5.68. The highest BCUT2D eigenvalue weighted by Gasteiger charge is 2.36. The van der Waals surface area contributed by atoms with E-state index in [2.05, 4.69) is 4.90 Å². The highest BCUT2D eigenvalue weighted by molar-refractivity contribution is 5.41. The number of likely N-dealkylation sites (N-methyl/N-ethyl adjacent to an activating group) is 1. The largest absolute Gasteiger partial charge is 0.416 e. The lowest BCUT2D eigenvalue weighted by molar-refractivity contribution is -0.385. The molecule has 0 N–H and O–H groups in total. The van der Waals surface area contributed by atoms with Gasteiger partial charge in [0.15, 0.2) is 0 Å². The Balaban J connectivity index is 2.28. The minimum atomic E-state index is -4.60. The molecule has 1 fully saturated rings. The van der Waals surface area contributed by atoms with Gasteiger partial charge >= 0.3 is 6.18 Å². The number of nitro benzene ring substituents is 1. The lowest BCUT2D eigenvalue weighted by atomic mass is 10.0. The topological polar surface area (TPSA) is 49.6 Å². The van der Waals surface area contributed by atoms with Gasteiger partial charge in [0.1, 0.15) is 0 Å². The van der Waals surface area contributed by atoms with E-state index < -0.39 is 22.4 Å². The van der Waals surface area contributed by atoms with Crippen molar-refractivity contribution in [2.45, 2.75) is 25.7 Å². The number of non-ortho nitro benzene ring substituents is 1. The Kier molecular flexibility index (Phi) is 4.72. The predicted octanol–water partition coefficient (Wildman–Crippen LogP) is 2.75. The second-order valence-corrected chi connectivity index (χ2v) is 5.68. The summed E-state index contributed by atoms with van der Waals surface area (Å²) < 4.78 is 39.5. The van der Waals surface area contributed by atoms with Gasteiger partial charge in [-0.05, 0) is 19.5 Å².